The van der Waals surface area contributed by atoms with Crippen molar-refractivity contribution >= 4 is 23.4 Å². The summed E-state index contributed by atoms with van der Waals surface area (Å²) >= 11 is 0. The molecule has 0 amide bonds. The third-order valence-electron chi connectivity index (χ3n) is 6.27. The van der Waals surface area contributed by atoms with Crippen molar-refractivity contribution in [3.8, 4) is 11.4 Å². The molecule has 2 unspecified atom stereocenters. The minimum absolute atomic E-state index is 0. The molecule has 0 radical (unpaired) electrons. The number of para-hydroxylation sites is 2. The van der Waals surface area contributed by atoms with Crippen molar-refractivity contribution in [2.24, 2.45) is 5.41 Å². The van der Waals surface area contributed by atoms with Gasteiger partial charge in [-0.25, -0.2) is 4.98 Å². The van der Waals surface area contributed by atoms with Gasteiger partial charge in [0.15, 0.2) is 0 Å². The van der Waals surface area contributed by atoms with E-state index in [4.69, 9.17) is 9.51 Å². The molecule has 1 saturated carbocycles. The molecule has 148 valence electrons. The van der Waals surface area contributed by atoms with E-state index in [1.807, 2.05) is 30.6 Å². The molecule has 6 rings (SSSR count). The molecular formula is C22H22ClN5O. The van der Waals surface area contributed by atoms with Crippen molar-refractivity contribution < 1.29 is 4.52 Å². The average molecular weight is 408 g/mol. The average Bonchev–Trinajstić information content (AvgIpc) is 3.15. The molecule has 1 saturated heterocycles. The maximum atomic E-state index is 5.63. The lowest BCUT2D eigenvalue weighted by molar-refractivity contribution is 0.364. The number of fused-ring (bicyclic) bond motifs is 1. The van der Waals surface area contributed by atoms with E-state index < -0.39 is 0 Å². The molecule has 0 bridgehead atoms. The quantitative estimate of drug-likeness (QED) is 0.553. The number of nitrogens with zero attached hydrogens (tertiary/aromatic N) is 4. The minimum atomic E-state index is 0. The van der Waals surface area contributed by atoms with E-state index in [0.29, 0.717) is 17.2 Å². The number of nitrogens with one attached hydrogen (secondary N) is 1. The SMILES string of the molecule is Cl.c1cc(Cn2cnc3ccccc32)cc(-c2noc(C3CC34CCNC4)n2)c1. The molecule has 7 heteroatoms. The summed E-state index contributed by atoms with van der Waals surface area (Å²) in [6, 6.07) is 16.6. The first-order chi connectivity index (χ1) is 13.8. The summed E-state index contributed by atoms with van der Waals surface area (Å²) in [6.45, 7) is 2.93. The molecule has 1 N–H and O–H groups in total. The zero-order chi connectivity index (χ0) is 18.6. The van der Waals surface area contributed by atoms with Gasteiger partial charge in [-0.05, 0) is 48.6 Å². The van der Waals surface area contributed by atoms with E-state index in [9.17, 15) is 0 Å². The molecule has 2 atom stereocenters. The Morgan fingerprint density at radius 2 is 2.10 bits per heavy atom. The Hall–Kier alpha value is -2.70. The molecule has 29 heavy (non-hydrogen) atoms. The van der Waals surface area contributed by atoms with Crippen LogP contribution in [0.2, 0.25) is 0 Å². The summed E-state index contributed by atoms with van der Waals surface area (Å²) in [4.78, 5) is 9.20. The Morgan fingerprint density at radius 3 is 3.00 bits per heavy atom. The second-order valence-electron chi connectivity index (χ2n) is 8.06. The lowest BCUT2D eigenvalue weighted by atomic mass is 10.0. The first-order valence-electron chi connectivity index (χ1n) is 9.84. The smallest absolute Gasteiger partial charge is 0.230 e. The fourth-order valence-electron chi connectivity index (χ4n) is 4.57. The van der Waals surface area contributed by atoms with Crippen LogP contribution in [0.15, 0.2) is 59.4 Å². The number of rotatable bonds is 4. The van der Waals surface area contributed by atoms with Crippen LogP contribution in [-0.2, 0) is 6.54 Å². The largest absolute Gasteiger partial charge is 0.339 e. The zero-order valence-electron chi connectivity index (χ0n) is 15.9. The number of hydrogen-bond acceptors (Lipinski definition) is 5. The van der Waals surface area contributed by atoms with Gasteiger partial charge in [0.05, 0.1) is 17.4 Å². The molecule has 2 fully saturated rings. The van der Waals surface area contributed by atoms with Crippen molar-refractivity contribution in [3.63, 3.8) is 0 Å². The second-order valence-corrected chi connectivity index (χ2v) is 8.06. The third-order valence-corrected chi connectivity index (χ3v) is 6.27. The number of aromatic nitrogens is 4. The van der Waals surface area contributed by atoms with Crippen LogP contribution in [0.3, 0.4) is 0 Å². The predicted octanol–water partition coefficient (Wildman–Crippen LogP) is 4.02. The topological polar surface area (TPSA) is 68.8 Å². The van der Waals surface area contributed by atoms with Crippen LogP contribution < -0.4 is 5.32 Å². The first-order valence-corrected chi connectivity index (χ1v) is 9.84. The van der Waals surface area contributed by atoms with Gasteiger partial charge in [0.1, 0.15) is 0 Å². The van der Waals surface area contributed by atoms with E-state index in [2.05, 4.69) is 44.3 Å². The van der Waals surface area contributed by atoms with Gasteiger partial charge in [0.25, 0.3) is 0 Å². The second kappa shape index (κ2) is 6.97. The molecule has 2 aliphatic rings. The van der Waals surface area contributed by atoms with Crippen molar-refractivity contribution in [1.29, 1.82) is 0 Å². The summed E-state index contributed by atoms with van der Waals surface area (Å²) in [5, 5.41) is 7.72. The van der Waals surface area contributed by atoms with Crippen LogP contribution in [0.1, 0.15) is 30.2 Å². The van der Waals surface area contributed by atoms with Gasteiger partial charge in [-0.15, -0.1) is 12.4 Å². The maximum absolute atomic E-state index is 5.63. The van der Waals surface area contributed by atoms with Gasteiger partial charge in [0, 0.05) is 24.6 Å². The molecule has 2 aromatic heterocycles. The van der Waals surface area contributed by atoms with E-state index in [1.165, 1.54) is 12.0 Å². The highest BCUT2D eigenvalue weighted by atomic mass is 35.5. The van der Waals surface area contributed by atoms with Gasteiger partial charge in [0.2, 0.25) is 11.7 Å². The van der Waals surface area contributed by atoms with Gasteiger partial charge in [-0.1, -0.05) is 35.5 Å². The van der Waals surface area contributed by atoms with E-state index >= 15 is 0 Å². The monoisotopic (exact) mass is 407 g/mol. The highest BCUT2D eigenvalue weighted by Gasteiger charge is 2.58. The Balaban J connectivity index is 0.00000181. The van der Waals surface area contributed by atoms with Gasteiger partial charge in [-0.3, -0.25) is 0 Å². The zero-order valence-corrected chi connectivity index (χ0v) is 16.7. The molecule has 1 spiro atoms. The van der Waals surface area contributed by atoms with Crippen LogP contribution >= 0.6 is 12.4 Å². The molecule has 1 aliphatic heterocycles. The van der Waals surface area contributed by atoms with E-state index in [-0.39, 0.29) is 12.4 Å². The highest BCUT2D eigenvalue weighted by molar-refractivity contribution is 5.85. The number of hydrogen-bond donors (Lipinski definition) is 1. The van der Waals surface area contributed by atoms with Crippen molar-refractivity contribution in [2.75, 3.05) is 13.1 Å². The maximum Gasteiger partial charge on any atom is 0.230 e. The lowest BCUT2D eigenvalue weighted by Gasteiger charge is -2.06. The third kappa shape index (κ3) is 3.12. The molecular weight excluding hydrogens is 386 g/mol. The Bertz CT molecular complexity index is 1160. The van der Waals surface area contributed by atoms with Crippen molar-refractivity contribution in [3.05, 3.63) is 66.3 Å². The minimum Gasteiger partial charge on any atom is -0.339 e. The molecule has 3 heterocycles. The normalized spacial score (nSPS) is 22.8. The fourth-order valence-corrected chi connectivity index (χ4v) is 4.57. The lowest BCUT2D eigenvalue weighted by Crippen LogP contribution is -2.10. The predicted molar refractivity (Wildman–Crippen MR) is 113 cm³/mol. The number of benzene rings is 2. The van der Waals surface area contributed by atoms with Crippen LogP contribution in [0.4, 0.5) is 0 Å². The van der Waals surface area contributed by atoms with Crippen LogP contribution in [-0.4, -0.2) is 32.8 Å². The molecule has 4 aromatic rings. The van der Waals surface area contributed by atoms with Crippen LogP contribution in [0, 0.1) is 5.41 Å². The first kappa shape index (κ1) is 18.3. The van der Waals surface area contributed by atoms with Crippen LogP contribution in [0.5, 0.6) is 0 Å². The Labute approximate surface area is 174 Å². The van der Waals surface area contributed by atoms with Crippen molar-refractivity contribution in [1.82, 2.24) is 25.0 Å². The standard InChI is InChI=1S/C22H21N5O.ClH/c1-2-7-19-18(6-1)24-14-27(19)12-15-4-3-5-16(10-15)20-25-21(28-26-20)17-11-22(17)8-9-23-13-22;/h1-7,10,14,17,23H,8-9,11-13H2;1H. The molecule has 1 aliphatic carbocycles. The van der Waals surface area contributed by atoms with Gasteiger partial charge >= 0.3 is 0 Å². The number of imidazole rings is 1. The summed E-state index contributed by atoms with van der Waals surface area (Å²) in [5.74, 6) is 1.90. The van der Waals surface area contributed by atoms with Crippen LogP contribution in [0.25, 0.3) is 22.4 Å². The summed E-state index contributed by atoms with van der Waals surface area (Å²) in [6.07, 6.45) is 4.27. The van der Waals surface area contributed by atoms with E-state index in [0.717, 1.165) is 48.5 Å². The fraction of sp³-hybridized carbons (Fsp3) is 0.318. The summed E-state index contributed by atoms with van der Waals surface area (Å²) in [7, 11) is 0. The summed E-state index contributed by atoms with van der Waals surface area (Å²) < 4.78 is 7.79. The Kier molecular flexibility index (Phi) is 4.41. The number of halogens is 1. The molecule has 6 nitrogen and oxygen atoms in total. The van der Waals surface area contributed by atoms with Gasteiger partial charge in [-0.2, -0.15) is 4.98 Å². The van der Waals surface area contributed by atoms with E-state index in [1.54, 1.807) is 0 Å². The van der Waals surface area contributed by atoms with Gasteiger partial charge < -0.3 is 14.4 Å². The van der Waals surface area contributed by atoms with Crippen molar-refractivity contribution in [2.45, 2.75) is 25.3 Å². The summed E-state index contributed by atoms with van der Waals surface area (Å²) in [5.41, 5.74) is 4.71. The highest BCUT2D eigenvalue weighted by Crippen LogP contribution is 2.62. The molecule has 2 aromatic carbocycles. The Morgan fingerprint density at radius 1 is 1.17 bits per heavy atom.